The molecule has 112 valence electrons. The van der Waals surface area contributed by atoms with Crippen LogP contribution in [0.5, 0.6) is 0 Å². The Labute approximate surface area is 135 Å². The predicted molar refractivity (Wildman–Crippen MR) is 92.0 cm³/mol. The summed E-state index contributed by atoms with van der Waals surface area (Å²) in [7, 11) is 0. The van der Waals surface area contributed by atoms with E-state index >= 15 is 0 Å². The minimum absolute atomic E-state index is 0.602. The fraction of sp³-hybridized carbons (Fsp3) is 0.333. The van der Waals surface area contributed by atoms with Gasteiger partial charge < -0.3 is 10.6 Å². The molecular weight excluding hydrogens is 304 g/mol. The number of anilines is 1. The van der Waals surface area contributed by atoms with Crippen LogP contribution in [0.2, 0.25) is 5.02 Å². The summed E-state index contributed by atoms with van der Waals surface area (Å²) >= 11 is 11.2. The molecule has 2 aromatic rings. The number of aromatic nitrogens is 2. The van der Waals surface area contributed by atoms with Crippen molar-refractivity contribution in [2.45, 2.75) is 26.8 Å². The highest BCUT2D eigenvalue weighted by atomic mass is 35.5. The third kappa shape index (κ3) is 5.02. The summed E-state index contributed by atoms with van der Waals surface area (Å²) in [6.07, 6.45) is 0.958. The number of benzene rings is 1. The van der Waals surface area contributed by atoms with Crippen molar-refractivity contribution in [1.29, 1.82) is 0 Å². The highest BCUT2D eigenvalue weighted by molar-refractivity contribution is 7.80. The number of thiocarbonyl (C=S) groups is 1. The molecule has 1 heterocycles. The van der Waals surface area contributed by atoms with Gasteiger partial charge >= 0.3 is 0 Å². The Morgan fingerprint density at radius 1 is 1.33 bits per heavy atom. The smallest absolute Gasteiger partial charge is 0.170 e. The molecule has 0 radical (unpaired) electrons. The van der Waals surface area contributed by atoms with E-state index in [-0.39, 0.29) is 0 Å². The van der Waals surface area contributed by atoms with Gasteiger partial charge in [0, 0.05) is 29.5 Å². The summed E-state index contributed by atoms with van der Waals surface area (Å²) in [5.41, 5.74) is 3.13. The number of rotatable bonds is 5. The van der Waals surface area contributed by atoms with E-state index in [9.17, 15) is 0 Å². The van der Waals surface area contributed by atoms with E-state index in [1.165, 1.54) is 5.69 Å². The van der Waals surface area contributed by atoms with Crippen LogP contribution in [0.15, 0.2) is 30.3 Å². The molecule has 0 saturated carbocycles. The van der Waals surface area contributed by atoms with Gasteiger partial charge in [0.1, 0.15) is 0 Å². The Morgan fingerprint density at radius 2 is 2.14 bits per heavy atom. The van der Waals surface area contributed by atoms with Gasteiger partial charge in [-0.1, -0.05) is 17.7 Å². The molecule has 1 aromatic carbocycles. The van der Waals surface area contributed by atoms with Crippen molar-refractivity contribution in [2.75, 3.05) is 11.9 Å². The van der Waals surface area contributed by atoms with Crippen LogP contribution in [0.25, 0.3) is 0 Å². The zero-order valence-electron chi connectivity index (χ0n) is 12.2. The van der Waals surface area contributed by atoms with Crippen LogP contribution in [0.4, 0.5) is 5.69 Å². The summed E-state index contributed by atoms with van der Waals surface area (Å²) < 4.78 is 2.02. The van der Waals surface area contributed by atoms with Crippen molar-refractivity contribution in [3.63, 3.8) is 0 Å². The Kier molecular flexibility index (Phi) is 5.59. The van der Waals surface area contributed by atoms with E-state index in [1.807, 2.05) is 35.9 Å². The molecule has 0 atom stereocenters. The second-order valence-corrected chi connectivity index (χ2v) is 5.74. The molecule has 2 rings (SSSR count). The van der Waals surface area contributed by atoms with Crippen molar-refractivity contribution in [3.05, 3.63) is 46.7 Å². The Hall–Kier alpha value is -1.59. The van der Waals surface area contributed by atoms with Crippen LogP contribution in [0.3, 0.4) is 0 Å². The molecule has 0 fully saturated rings. The van der Waals surface area contributed by atoms with Gasteiger partial charge in [-0.25, -0.2) is 0 Å². The number of halogens is 1. The van der Waals surface area contributed by atoms with E-state index in [2.05, 4.69) is 28.7 Å². The third-order valence-corrected chi connectivity index (χ3v) is 3.50. The quantitative estimate of drug-likeness (QED) is 0.653. The van der Waals surface area contributed by atoms with Crippen LogP contribution < -0.4 is 10.6 Å². The lowest BCUT2D eigenvalue weighted by Crippen LogP contribution is -2.29. The largest absolute Gasteiger partial charge is 0.362 e. The number of hydrogen-bond acceptors (Lipinski definition) is 2. The highest BCUT2D eigenvalue weighted by Crippen LogP contribution is 2.14. The molecule has 0 aliphatic heterocycles. The summed E-state index contributed by atoms with van der Waals surface area (Å²) in [4.78, 5) is 0. The van der Waals surface area contributed by atoms with Gasteiger partial charge in [-0.3, -0.25) is 4.68 Å². The van der Waals surface area contributed by atoms with E-state index in [1.54, 1.807) is 0 Å². The van der Waals surface area contributed by atoms with E-state index in [4.69, 9.17) is 23.8 Å². The molecule has 0 aliphatic rings. The second kappa shape index (κ2) is 7.43. The SMILES string of the molecule is Cc1cc(C)n(CCCNC(=S)Nc2cccc(Cl)c2)n1. The summed E-state index contributed by atoms with van der Waals surface area (Å²) in [5.74, 6) is 0. The van der Waals surface area contributed by atoms with Gasteiger partial charge in [0.25, 0.3) is 0 Å². The first-order chi connectivity index (χ1) is 10.0. The van der Waals surface area contributed by atoms with Crippen LogP contribution in [-0.4, -0.2) is 21.4 Å². The normalized spacial score (nSPS) is 10.4. The fourth-order valence-corrected chi connectivity index (χ4v) is 2.48. The van der Waals surface area contributed by atoms with Crippen LogP contribution in [0, 0.1) is 13.8 Å². The summed E-state index contributed by atoms with van der Waals surface area (Å²) in [6.45, 7) is 5.75. The van der Waals surface area contributed by atoms with Gasteiger partial charge in [0.2, 0.25) is 0 Å². The Bertz CT molecular complexity index is 624. The first-order valence-corrected chi connectivity index (χ1v) is 7.65. The molecule has 1 aromatic heterocycles. The molecule has 4 nitrogen and oxygen atoms in total. The second-order valence-electron chi connectivity index (χ2n) is 4.90. The first-order valence-electron chi connectivity index (χ1n) is 6.86. The molecule has 0 saturated heterocycles. The van der Waals surface area contributed by atoms with Gasteiger partial charge in [-0.15, -0.1) is 0 Å². The molecule has 2 N–H and O–H groups in total. The van der Waals surface area contributed by atoms with Crippen molar-refractivity contribution < 1.29 is 0 Å². The van der Waals surface area contributed by atoms with Crippen molar-refractivity contribution in [3.8, 4) is 0 Å². The third-order valence-electron chi connectivity index (χ3n) is 3.02. The summed E-state index contributed by atoms with van der Waals surface area (Å²) in [6, 6.07) is 9.56. The maximum Gasteiger partial charge on any atom is 0.170 e. The van der Waals surface area contributed by atoms with Crippen LogP contribution >= 0.6 is 23.8 Å². The predicted octanol–water partition coefficient (Wildman–Crippen LogP) is 3.53. The Morgan fingerprint density at radius 3 is 2.81 bits per heavy atom. The van der Waals surface area contributed by atoms with Gasteiger partial charge in [-0.2, -0.15) is 5.10 Å². The lowest BCUT2D eigenvalue weighted by molar-refractivity contribution is 0.558. The maximum atomic E-state index is 5.93. The average Bonchev–Trinajstić information content (AvgIpc) is 2.73. The molecule has 0 spiro atoms. The zero-order valence-corrected chi connectivity index (χ0v) is 13.8. The minimum atomic E-state index is 0.602. The molecule has 0 unspecified atom stereocenters. The highest BCUT2D eigenvalue weighted by Gasteiger charge is 2.01. The Balaban J connectivity index is 1.71. The number of hydrogen-bond donors (Lipinski definition) is 2. The molecular formula is C15H19ClN4S. The lowest BCUT2D eigenvalue weighted by Gasteiger charge is -2.11. The van der Waals surface area contributed by atoms with E-state index in [0.29, 0.717) is 10.1 Å². The van der Waals surface area contributed by atoms with E-state index < -0.39 is 0 Å². The fourth-order valence-electron chi connectivity index (χ4n) is 2.07. The van der Waals surface area contributed by atoms with Gasteiger partial charge in [0.05, 0.1) is 5.69 Å². The van der Waals surface area contributed by atoms with Crippen molar-refractivity contribution >= 4 is 34.6 Å². The van der Waals surface area contributed by atoms with E-state index in [0.717, 1.165) is 30.9 Å². The topological polar surface area (TPSA) is 41.9 Å². The lowest BCUT2D eigenvalue weighted by atomic mass is 10.3. The van der Waals surface area contributed by atoms with Crippen molar-refractivity contribution in [1.82, 2.24) is 15.1 Å². The average molecular weight is 323 g/mol. The summed E-state index contributed by atoms with van der Waals surface area (Å²) in [5, 5.41) is 12.0. The molecule has 0 bridgehead atoms. The van der Waals surface area contributed by atoms with Crippen LogP contribution in [-0.2, 0) is 6.54 Å². The monoisotopic (exact) mass is 322 g/mol. The number of nitrogens with one attached hydrogen (secondary N) is 2. The first kappa shape index (κ1) is 15.8. The van der Waals surface area contributed by atoms with Crippen molar-refractivity contribution in [2.24, 2.45) is 0 Å². The zero-order chi connectivity index (χ0) is 15.2. The van der Waals surface area contributed by atoms with Gasteiger partial charge in [0.15, 0.2) is 5.11 Å². The number of nitrogens with zero attached hydrogens (tertiary/aromatic N) is 2. The standard InChI is InChI=1S/C15H19ClN4S/c1-11-9-12(2)20(19-11)8-4-7-17-15(21)18-14-6-3-5-13(16)10-14/h3,5-6,9-10H,4,7-8H2,1-2H3,(H2,17,18,21). The van der Waals surface area contributed by atoms with Crippen LogP contribution in [0.1, 0.15) is 17.8 Å². The van der Waals surface area contributed by atoms with Gasteiger partial charge in [-0.05, 0) is 56.8 Å². The minimum Gasteiger partial charge on any atom is -0.362 e. The molecule has 0 aliphatic carbocycles. The number of aryl methyl sites for hydroxylation is 3. The molecule has 0 amide bonds. The maximum absolute atomic E-state index is 5.93. The molecule has 6 heteroatoms. The molecule has 21 heavy (non-hydrogen) atoms.